The molecular formula is C23H27ClN6O. The number of likely N-dealkylation sites (N-methyl/N-ethyl adjacent to an activating group) is 1. The Morgan fingerprint density at radius 1 is 1.16 bits per heavy atom. The largest absolute Gasteiger partial charge is 0.474 e. The van der Waals surface area contributed by atoms with Gasteiger partial charge in [0, 0.05) is 35.9 Å². The molecular weight excluding hydrogens is 412 g/mol. The van der Waals surface area contributed by atoms with Gasteiger partial charge in [-0.1, -0.05) is 11.6 Å². The number of ether oxygens (including phenoxy) is 1. The van der Waals surface area contributed by atoms with Crippen LogP contribution in [0, 0.1) is 19.8 Å². The van der Waals surface area contributed by atoms with Crippen molar-refractivity contribution >= 4 is 29.1 Å². The number of anilines is 1. The molecule has 1 fully saturated rings. The van der Waals surface area contributed by atoms with E-state index in [1.807, 2.05) is 26.1 Å². The maximum absolute atomic E-state index is 6.85. The molecule has 2 aromatic heterocycles. The molecule has 0 unspecified atom stereocenters. The summed E-state index contributed by atoms with van der Waals surface area (Å²) in [6.45, 7) is 5.25. The fraction of sp³-hybridized carbons (Fsp3) is 0.478. The lowest BCUT2D eigenvalue weighted by Gasteiger charge is -2.30. The molecule has 0 bridgehead atoms. The number of hydrogen-bond acceptors (Lipinski definition) is 6. The molecule has 3 aliphatic rings. The van der Waals surface area contributed by atoms with E-state index in [1.165, 1.54) is 16.8 Å². The summed E-state index contributed by atoms with van der Waals surface area (Å²) in [5.41, 5.74) is 4.56. The van der Waals surface area contributed by atoms with Gasteiger partial charge in [-0.25, -0.2) is 4.98 Å². The summed E-state index contributed by atoms with van der Waals surface area (Å²) in [4.78, 5) is 14.6. The van der Waals surface area contributed by atoms with Crippen LogP contribution in [0.2, 0.25) is 0 Å². The first-order chi connectivity index (χ1) is 15.0. The van der Waals surface area contributed by atoms with Gasteiger partial charge in [0.15, 0.2) is 0 Å². The van der Waals surface area contributed by atoms with Crippen molar-refractivity contribution in [2.24, 2.45) is 16.1 Å². The maximum atomic E-state index is 6.85. The SMILES string of the molecule is Cc1cc(O[C@H]2CC[C@H](C3=c4[nH]c5c(c4N(C)CC=C3Cl)CN=NC=5)CC2)nc(C)n1. The third-order valence-corrected chi connectivity index (χ3v) is 6.73. The van der Waals surface area contributed by atoms with Gasteiger partial charge in [0.2, 0.25) is 5.88 Å². The monoisotopic (exact) mass is 438 g/mol. The fourth-order valence-corrected chi connectivity index (χ4v) is 5.28. The third-order valence-electron chi connectivity index (χ3n) is 6.37. The zero-order valence-electron chi connectivity index (χ0n) is 18.2. The molecule has 0 spiro atoms. The van der Waals surface area contributed by atoms with Gasteiger partial charge < -0.3 is 14.6 Å². The highest BCUT2D eigenvalue weighted by Crippen LogP contribution is 2.38. The summed E-state index contributed by atoms with van der Waals surface area (Å²) in [5, 5.41) is 11.3. The predicted octanol–water partition coefficient (Wildman–Crippen LogP) is 3.49. The van der Waals surface area contributed by atoms with Crippen LogP contribution in [0.4, 0.5) is 5.69 Å². The second-order valence-corrected chi connectivity index (χ2v) is 9.02. The summed E-state index contributed by atoms with van der Waals surface area (Å²) in [7, 11) is 2.11. The summed E-state index contributed by atoms with van der Waals surface area (Å²) in [6.07, 6.45) is 8.11. The molecule has 0 saturated heterocycles. The van der Waals surface area contributed by atoms with E-state index in [0.717, 1.165) is 59.5 Å². The van der Waals surface area contributed by atoms with Crippen LogP contribution in [-0.2, 0) is 6.54 Å². The van der Waals surface area contributed by atoms with Gasteiger partial charge in [-0.3, -0.25) is 0 Å². The van der Waals surface area contributed by atoms with E-state index < -0.39 is 0 Å². The Labute approximate surface area is 186 Å². The first kappa shape index (κ1) is 20.2. The van der Waals surface area contributed by atoms with Gasteiger partial charge in [-0.15, -0.1) is 0 Å². The highest BCUT2D eigenvalue weighted by Gasteiger charge is 2.30. The molecule has 0 radical (unpaired) electrons. The van der Waals surface area contributed by atoms with Gasteiger partial charge in [0.25, 0.3) is 0 Å². The molecule has 8 heteroatoms. The number of aromatic amines is 1. The summed E-state index contributed by atoms with van der Waals surface area (Å²) < 4.78 is 6.20. The molecule has 2 aromatic rings. The average Bonchev–Trinajstić information content (AvgIpc) is 3.06. The number of fused-ring (bicyclic) bond motifs is 3. The number of hydrogen-bond donors (Lipinski definition) is 1. The van der Waals surface area contributed by atoms with E-state index in [4.69, 9.17) is 16.3 Å². The molecule has 1 saturated carbocycles. The first-order valence-electron chi connectivity index (χ1n) is 10.9. The smallest absolute Gasteiger partial charge is 0.217 e. The second-order valence-electron chi connectivity index (χ2n) is 8.62. The van der Waals surface area contributed by atoms with Gasteiger partial charge in [-0.2, -0.15) is 15.2 Å². The maximum Gasteiger partial charge on any atom is 0.217 e. The molecule has 1 aliphatic carbocycles. The van der Waals surface area contributed by atoms with Gasteiger partial charge in [0.05, 0.1) is 29.1 Å². The summed E-state index contributed by atoms with van der Waals surface area (Å²) >= 11 is 6.85. The van der Waals surface area contributed by atoms with Crippen LogP contribution in [0.1, 0.15) is 42.8 Å². The second kappa shape index (κ2) is 8.11. The number of nitrogens with one attached hydrogen (secondary N) is 1. The van der Waals surface area contributed by atoms with Crippen LogP contribution in [0.5, 0.6) is 5.88 Å². The van der Waals surface area contributed by atoms with E-state index in [1.54, 1.807) is 0 Å². The van der Waals surface area contributed by atoms with Gasteiger partial charge in [-0.05, 0) is 57.1 Å². The summed E-state index contributed by atoms with van der Waals surface area (Å²) in [5.74, 6) is 1.81. The normalized spacial score (nSPS) is 22.9. The molecule has 162 valence electrons. The quantitative estimate of drug-likeness (QED) is 0.795. The van der Waals surface area contributed by atoms with E-state index in [-0.39, 0.29) is 6.10 Å². The van der Waals surface area contributed by atoms with Crippen molar-refractivity contribution in [2.45, 2.75) is 52.2 Å². The Balaban J connectivity index is 1.43. The van der Waals surface area contributed by atoms with Crippen molar-refractivity contribution in [3.05, 3.63) is 45.0 Å². The van der Waals surface area contributed by atoms with Crippen molar-refractivity contribution in [3.63, 3.8) is 0 Å². The molecule has 31 heavy (non-hydrogen) atoms. The number of rotatable bonds is 3. The fourth-order valence-electron chi connectivity index (χ4n) is 4.96. The number of allylic oxidation sites excluding steroid dienone is 1. The molecule has 7 nitrogen and oxygen atoms in total. The molecule has 4 heterocycles. The minimum atomic E-state index is 0.170. The van der Waals surface area contributed by atoms with Crippen molar-refractivity contribution in [2.75, 3.05) is 18.5 Å². The van der Waals surface area contributed by atoms with Gasteiger partial charge in [0.1, 0.15) is 11.9 Å². The number of aromatic nitrogens is 3. The highest BCUT2D eigenvalue weighted by atomic mass is 35.5. The van der Waals surface area contributed by atoms with Crippen LogP contribution in [0.15, 0.2) is 27.4 Å². The Bertz CT molecular complexity index is 1170. The topological polar surface area (TPSA) is 78.8 Å². The lowest BCUT2D eigenvalue weighted by molar-refractivity contribution is 0.136. The van der Waals surface area contributed by atoms with E-state index in [9.17, 15) is 0 Å². The Hall–Kier alpha value is -2.67. The van der Waals surface area contributed by atoms with Crippen molar-refractivity contribution in [1.82, 2.24) is 15.0 Å². The minimum absolute atomic E-state index is 0.170. The number of aryl methyl sites for hydroxylation is 2. The Morgan fingerprint density at radius 3 is 2.74 bits per heavy atom. The molecule has 0 aromatic carbocycles. The van der Waals surface area contributed by atoms with Crippen LogP contribution in [-0.4, -0.2) is 34.6 Å². The van der Waals surface area contributed by atoms with Crippen molar-refractivity contribution in [1.29, 1.82) is 0 Å². The van der Waals surface area contributed by atoms with E-state index in [2.05, 4.69) is 43.2 Å². The van der Waals surface area contributed by atoms with Crippen LogP contribution in [0.3, 0.4) is 0 Å². The predicted molar refractivity (Wildman–Crippen MR) is 122 cm³/mol. The Morgan fingerprint density at radius 2 is 1.97 bits per heavy atom. The Kier molecular flexibility index (Phi) is 5.30. The van der Waals surface area contributed by atoms with Crippen LogP contribution >= 0.6 is 11.6 Å². The number of H-pyrrole nitrogens is 1. The summed E-state index contributed by atoms with van der Waals surface area (Å²) in [6, 6.07) is 1.91. The zero-order chi connectivity index (χ0) is 21.5. The van der Waals surface area contributed by atoms with Crippen molar-refractivity contribution < 1.29 is 4.74 Å². The lowest BCUT2D eigenvalue weighted by atomic mass is 9.81. The van der Waals surface area contributed by atoms with Crippen LogP contribution in [0.25, 0.3) is 11.8 Å². The van der Waals surface area contributed by atoms with Gasteiger partial charge >= 0.3 is 0 Å². The standard InChI is InChI=1S/C23H27ClN6O/c1-13-10-20(28-14(2)27-13)31-16-6-4-15(5-7-16)21-18(24)8-9-30(3)23-17-11-25-26-12-19(17)29-22(21)23/h8,10,12,15-16,29H,4-7,9,11H2,1-3H3/t15-,16-. The molecule has 0 amide bonds. The zero-order valence-corrected chi connectivity index (χ0v) is 18.9. The number of halogens is 1. The lowest BCUT2D eigenvalue weighted by Crippen LogP contribution is -2.28. The average molecular weight is 439 g/mol. The molecule has 5 rings (SSSR count). The highest BCUT2D eigenvalue weighted by molar-refractivity contribution is 6.36. The number of nitrogens with zero attached hydrogens (tertiary/aromatic N) is 5. The number of azo groups is 1. The van der Waals surface area contributed by atoms with E-state index in [0.29, 0.717) is 18.3 Å². The minimum Gasteiger partial charge on any atom is -0.474 e. The third kappa shape index (κ3) is 3.87. The molecule has 2 aliphatic heterocycles. The van der Waals surface area contributed by atoms with Crippen LogP contribution < -0.4 is 20.3 Å². The first-order valence-corrected chi connectivity index (χ1v) is 11.3. The molecule has 1 N–H and O–H groups in total. The van der Waals surface area contributed by atoms with E-state index >= 15 is 0 Å². The molecule has 0 atom stereocenters. The van der Waals surface area contributed by atoms with Crippen molar-refractivity contribution in [3.8, 4) is 5.88 Å².